The van der Waals surface area contributed by atoms with E-state index in [1.54, 1.807) is 18.2 Å². The van der Waals surface area contributed by atoms with Crippen LogP contribution < -0.4 is 10.5 Å². The lowest BCUT2D eigenvalue weighted by Crippen LogP contribution is -2.24. The maximum absolute atomic E-state index is 12.1. The molecule has 0 aliphatic heterocycles. The number of hydrogen-bond acceptors (Lipinski definition) is 5. The van der Waals surface area contributed by atoms with Crippen molar-refractivity contribution >= 4 is 32.8 Å². The Balaban J connectivity index is 2.49. The number of ether oxygens (including phenoxy) is 2. The molecule has 0 saturated heterocycles. The highest BCUT2D eigenvalue weighted by Gasteiger charge is 2.20. The number of carbonyl (C=O) groups is 1. The molecule has 0 amide bonds. The van der Waals surface area contributed by atoms with E-state index in [1.165, 1.54) is 0 Å². The molecule has 0 aliphatic rings. The monoisotopic (exact) mass is 352 g/mol. The average molecular weight is 353 g/mol. The first-order valence-electron chi connectivity index (χ1n) is 6.47. The van der Waals surface area contributed by atoms with E-state index in [1.807, 2.05) is 26.8 Å². The molecule has 21 heavy (non-hydrogen) atoms. The predicted molar refractivity (Wildman–Crippen MR) is 84.3 cm³/mol. The third kappa shape index (κ3) is 3.71. The maximum Gasteiger partial charge on any atom is 0.357 e. The van der Waals surface area contributed by atoms with Crippen molar-refractivity contribution in [3.05, 3.63) is 34.4 Å². The van der Waals surface area contributed by atoms with Crippen molar-refractivity contribution in [1.82, 2.24) is 4.98 Å². The van der Waals surface area contributed by atoms with Gasteiger partial charge in [-0.3, -0.25) is 5.73 Å². The number of nitrogens with two attached hydrogens (primary N) is 1. The summed E-state index contributed by atoms with van der Waals surface area (Å²) in [6.45, 7) is 5.47. The molecule has 0 aliphatic carbocycles. The molecular formula is C15H17BrN2O3. The van der Waals surface area contributed by atoms with E-state index in [0.29, 0.717) is 11.3 Å². The first-order chi connectivity index (χ1) is 9.81. The van der Waals surface area contributed by atoms with Gasteiger partial charge in [-0.1, -0.05) is 15.9 Å². The Morgan fingerprint density at radius 1 is 1.29 bits per heavy atom. The molecule has 5 nitrogen and oxygen atoms in total. The van der Waals surface area contributed by atoms with Crippen LogP contribution in [-0.4, -0.2) is 23.3 Å². The Hall–Kier alpha value is -1.66. The third-order valence-corrected chi connectivity index (χ3v) is 3.31. The molecule has 1 aromatic heterocycles. The van der Waals surface area contributed by atoms with Gasteiger partial charge in [-0.25, -0.2) is 9.78 Å². The van der Waals surface area contributed by atoms with Crippen LogP contribution in [-0.2, 0) is 4.74 Å². The molecule has 1 heterocycles. The van der Waals surface area contributed by atoms with Gasteiger partial charge in [0.25, 0.3) is 0 Å². The highest BCUT2D eigenvalue weighted by molar-refractivity contribution is 9.10. The van der Waals surface area contributed by atoms with Crippen molar-refractivity contribution in [3.63, 3.8) is 0 Å². The Morgan fingerprint density at radius 2 is 2.00 bits per heavy atom. The van der Waals surface area contributed by atoms with Gasteiger partial charge in [-0.15, -0.1) is 0 Å². The number of nitrogens with zero attached hydrogens (tertiary/aromatic N) is 1. The number of rotatable bonds is 3. The zero-order valence-corrected chi connectivity index (χ0v) is 13.7. The van der Waals surface area contributed by atoms with Crippen LogP contribution in [0.5, 0.6) is 5.75 Å². The normalized spacial score (nSPS) is 11.5. The summed E-state index contributed by atoms with van der Waals surface area (Å²) >= 11 is 3.45. The lowest BCUT2D eigenvalue weighted by Gasteiger charge is -2.19. The highest BCUT2D eigenvalue weighted by Crippen LogP contribution is 2.30. The van der Waals surface area contributed by atoms with Crippen LogP contribution in [0, 0.1) is 0 Å². The number of esters is 1. The van der Waals surface area contributed by atoms with Gasteiger partial charge in [0.1, 0.15) is 29.3 Å². The molecule has 0 spiro atoms. The van der Waals surface area contributed by atoms with E-state index in [-0.39, 0.29) is 12.4 Å². The second kappa shape index (κ2) is 5.99. The van der Waals surface area contributed by atoms with Crippen LogP contribution in [0.25, 0.3) is 10.9 Å². The van der Waals surface area contributed by atoms with Crippen molar-refractivity contribution in [1.29, 1.82) is 0 Å². The number of benzene rings is 1. The zero-order valence-electron chi connectivity index (χ0n) is 12.1. The quantitative estimate of drug-likeness (QED) is 0.677. The number of pyridine rings is 1. The molecule has 1 aromatic carbocycles. The Labute approximate surface area is 131 Å². The summed E-state index contributed by atoms with van der Waals surface area (Å²) in [7, 11) is 0. The van der Waals surface area contributed by atoms with Gasteiger partial charge in [0.05, 0.1) is 0 Å². The van der Waals surface area contributed by atoms with E-state index >= 15 is 0 Å². The number of hydrogen-bond donors (Lipinski definition) is 1. The second-order valence-corrected chi connectivity index (χ2v) is 6.31. The lowest BCUT2D eigenvalue weighted by atomic mass is 10.1. The van der Waals surface area contributed by atoms with Crippen LogP contribution in [0.1, 0.15) is 31.3 Å². The van der Waals surface area contributed by atoms with Crippen LogP contribution in [0.2, 0.25) is 0 Å². The van der Waals surface area contributed by atoms with Gasteiger partial charge in [-0.2, -0.15) is 0 Å². The number of aromatic nitrogens is 1. The fourth-order valence-electron chi connectivity index (χ4n) is 1.81. The van der Waals surface area contributed by atoms with Gasteiger partial charge >= 0.3 is 5.97 Å². The smallest absolute Gasteiger partial charge is 0.357 e. The van der Waals surface area contributed by atoms with E-state index < -0.39 is 11.6 Å². The summed E-state index contributed by atoms with van der Waals surface area (Å²) in [5.41, 5.74) is 5.65. The minimum absolute atomic E-state index is 0.0368. The van der Waals surface area contributed by atoms with Gasteiger partial charge in [0.2, 0.25) is 0 Å². The van der Waals surface area contributed by atoms with Crippen LogP contribution in [0.4, 0.5) is 0 Å². The van der Waals surface area contributed by atoms with Crippen LogP contribution in [0.15, 0.2) is 28.7 Å². The first kappa shape index (κ1) is 15.7. The first-order valence-corrected chi connectivity index (χ1v) is 7.26. The SMILES string of the molecule is CC(C)(C)OC(=O)c1ccc2c(Br)ccc(OCN)c2n1. The second-order valence-electron chi connectivity index (χ2n) is 5.45. The van der Waals surface area contributed by atoms with Crippen LogP contribution >= 0.6 is 15.9 Å². The standard InChI is InChI=1S/C15H17BrN2O3/c1-15(2,3)21-14(19)11-6-4-9-10(16)5-7-12(20-8-17)13(9)18-11/h4-7H,8,17H2,1-3H3. The summed E-state index contributed by atoms with van der Waals surface area (Å²) in [6.07, 6.45) is 0. The number of halogens is 1. The zero-order chi connectivity index (χ0) is 15.6. The Kier molecular flexibility index (Phi) is 4.49. The van der Waals surface area contributed by atoms with E-state index in [0.717, 1.165) is 9.86 Å². The lowest BCUT2D eigenvalue weighted by molar-refractivity contribution is 0.00633. The summed E-state index contributed by atoms with van der Waals surface area (Å²) < 4.78 is 11.5. The average Bonchev–Trinajstić information content (AvgIpc) is 2.40. The van der Waals surface area contributed by atoms with Crippen molar-refractivity contribution in [2.24, 2.45) is 5.73 Å². The highest BCUT2D eigenvalue weighted by atomic mass is 79.9. The predicted octanol–water partition coefficient (Wildman–Crippen LogP) is 3.25. The number of fused-ring (bicyclic) bond motifs is 1. The van der Waals surface area contributed by atoms with Crippen molar-refractivity contribution in [2.75, 3.05) is 6.73 Å². The molecule has 0 atom stereocenters. The van der Waals surface area contributed by atoms with Crippen LogP contribution in [0.3, 0.4) is 0 Å². The minimum atomic E-state index is -0.568. The summed E-state index contributed by atoms with van der Waals surface area (Å²) in [5.74, 6) is 0.0594. The molecule has 112 valence electrons. The van der Waals surface area contributed by atoms with Gasteiger partial charge < -0.3 is 9.47 Å². The summed E-state index contributed by atoms with van der Waals surface area (Å²) in [5, 5.41) is 0.841. The molecule has 0 saturated carbocycles. The molecule has 0 bridgehead atoms. The molecule has 0 fully saturated rings. The molecule has 2 N–H and O–H groups in total. The summed E-state index contributed by atoms with van der Waals surface area (Å²) in [6, 6.07) is 7.04. The topological polar surface area (TPSA) is 74.4 Å². The Morgan fingerprint density at radius 3 is 2.62 bits per heavy atom. The molecule has 2 aromatic rings. The minimum Gasteiger partial charge on any atom is -0.476 e. The van der Waals surface area contributed by atoms with Crippen molar-refractivity contribution < 1.29 is 14.3 Å². The molecular weight excluding hydrogens is 336 g/mol. The third-order valence-electron chi connectivity index (χ3n) is 2.61. The van der Waals surface area contributed by atoms with Crippen molar-refractivity contribution in [2.45, 2.75) is 26.4 Å². The largest absolute Gasteiger partial charge is 0.476 e. The molecule has 0 unspecified atom stereocenters. The van der Waals surface area contributed by atoms with E-state index in [9.17, 15) is 4.79 Å². The number of carbonyl (C=O) groups excluding carboxylic acids is 1. The van der Waals surface area contributed by atoms with E-state index in [4.69, 9.17) is 15.2 Å². The molecule has 2 rings (SSSR count). The van der Waals surface area contributed by atoms with Gasteiger partial charge in [0, 0.05) is 9.86 Å². The fraction of sp³-hybridized carbons (Fsp3) is 0.333. The van der Waals surface area contributed by atoms with E-state index in [2.05, 4.69) is 20.9 Å². The maximum atomic E-state index is 12.1. The molecule has 6 heteroatoms. The molecule has 0 radical (unpaired) electrons. The van der Waals surface area contributed by atoms with Crippen molar-refractivity contribution in [3.8, 4) is 5.75 Å². The summed E-state index contributed by atoms with van der Waals surface area (Å²) in [4.78, 5) is 16.4. The van der Waals surface area contributed by atoms with Gasteiger partial charge in [-0.05, 0) is 45.0 Å². The van der Waals surface area contributed by atoms with Gasteiger partial charge in [0.15, 0.2) is 0 Å². The fourth-order valence-corrected chi connectivity index (χ4v) is 2.26. The Bertz CT molecular complexity index is 680.